The van der Waals surface area contributed by atoms with Gasteiger partial charge in [-0.1, -0.05) is 6.07 Å². The molecule has 0 bridgehead atoms. The lowest BCUT2D eigenvalue weighted by molar-refractivity contribution is 0.0535. The Morgan fingerprint density at radius 1 is 1.53 bits per heavy atom. The fraction of sp³-hybridized carbons (Fsp3) is 0.364. The molecule has 0 spiro atoms. The Balaban J connectivity index is 2.03. The van der Waals surface area contributed by atoms with Crippen molar-refractivity contribution in [3.63, 3.8) is 0 Å². The monoisotopic (exact) mass is 335 g/mol. The van der Waals surface area contributed by atoms with Crippen LogP contribution in [0.2, 0.25) is 0 Å². The van der Waals surface area contributed by atoms with Crippen molar-refractivity contribution in [1.29, 1.82) is 0 Å². The molecule has 1 aliphatic heterocycles. The van der Waals surface area contributed by atoms with E-state index in [1.807, 2.05) is 29.2 Å². The van der Waals surface area contributed by atoms with Crippen LogP contribution in [0.15, 0.2) is 24.3 Å². The molecule has 1 amide bonds. The Bertz CT molecular complexity index is 377. The fourth-order valence-corrected chi connectivity index (χ4v) is 2.38. The number of carbonyl (C=O) groups excluding carboxylic acids is 1. The van der Waals surface area contributed by atoms with Gasteiger partial charge in [-0.15, -0.1) is 11.6 Å². The highest BCUT2D eigenvalue weighted by atomic mass is 127. The summed E-state index contributed by atoms with van der Waals surface area (Å²) in [6.45, 7) is 1.60. The molecular weight excluding hydrogens is 324 g/mol. The number of hydrogen-bond donors (Lipinski definition) is 0. The van der Waals surface area contributed by atoms with E-state index in [0.717, 1.165) is 22.2 Å². The number of likely N-dealkylation sites (tertiary alicyclic amines) is 1. The van der Waals surface area contributed by atoms with Crippen LogP contribution < -0.4 is 0 Å². The number of nitrogens with zero attached hydrogens (tertiary/aromatic N) is 1. The van der Waals surface area contributed by atoms with Gasteiger partial charge in [0.05, 0.1) is 0 Å². The number of hydrogen-bond acceptors (Lipinski definition) is 1. The molecular formula is C11H11ClINO. The maximum Gasteiger partial charge on any atom is 0.253 e. The van der Waals surface area contributed by atoms with Crippen LogP contribution in [0.3, 0.4) is 0 Å². The average molecular weight is 336 g/mol. The van der Waals surface area contributed by atoms with Crippen molar-refractivity contribution in [3.8, 4) is 0 Å². The van der Waals surface area contributed by atoms with Gasteiger partial charge < -0.3 is 4.90 Å². The first-order valence-electron chi connectivity index (χ1n) is 4.81. The summed E-state index contributed by atoms with van der Waals surface area (Å²) in [5, 5.41) is 0. The molecule has 2 rings (SSSR count). The second-order valence-corrected chi connectivity index (χ2v) is 5.30. The molecule has 1 aromatic rings. The van der Waals surface area contributed by atoms with Gasteiger partial charge in [0, 0.05) is 34.0 Å². The molecule has 0 aliphatic carbocycles. The Hall–Kier alpha value is -0.290. The quantitative estimate of drug-likeness (QED) is 0.601. The van der Waals surface area contributed by atoms with Crippen LogP contribution >= 0.6 is 34.2 Å². The van der Waals surface area contributed by atoms with E-state index in [-0.39, 0.29) is 5.91 Å². The van der Waals surface area contributed by atoms with Crippen LogP contribution in [0.1, 0.15) is 10.4 Å². The zero-order chi connectivity index (χ0) is 10.8. The lowest BCUT2D eigenvalue weighted by Crippen LogP contribution is -2.50. The molecule has 0 aromatic heterocycles. The highest BCUT2D eigenvalue weighted by Gasteiger charge is 2.30. The highest BCUT2D eigenvalue weighted by molar-refractivity contribution is 14.1. The number of benzene rings is 1. The van der Waals surface area contributed by atoms with Gasteiger partial charge in [0.25, 0.3) is 5.91 Å². The number of amides is 1. The van der Waals surface area contributed by atoms with Gasteiger partial charge in [0.2, 0.25) is 0 Å². The summed E-state index contributed by atoms with van der Waals surface area (Å²) in [6, 6.07) is 7.66. The first kappa shape index (κ1) is 11.2. The van der Waals surface area contributed by atoms with Crippen molar-refractivity contribution in [3.05, 3.63) is 33.4 Å². The lowest BCUT2D eigenvalue weighted by Gasteiger charge is -2.38. The van der Waals surface area contributed by atoms with E-state index in [9.17, 15) is 4.79 Å². The number of halogens is 2. The minimum absolute atomic E-state index is 0.120. The number of carbonyl (C=O) groups is 1. The summed E-state index contributed by atoms with van der Waals surface area (Å²) >= 11 is 7.92. The van der Waals surface area contributed by atoms with Gasteiger partial charge >= 0.3 is 0 Å². The van der Waals surface area contributed by atoms with Crippen molar-refractivity contribution in [2.45, 2.75) is 0 Å². The normalized spacial score (nSPS) is 16.3. The molecule has 1 aliphatic rings. The van der Waals surface area contributed by atoms with E-state index in [4.69, 9.17) is 11.6 Å². The molecule has 0 N–H and O–H groups in total. The van der Waals surface area contributed by atoms with Crippen LogP contribution in [0.4, 0.5) is 0 Å². The first-order valence-corrected chi connectivity index (χ1v) is 6.43. The molecule has 80 valence electrons. The summed E-state index contributed by atoms with van der Waals surface area (Å²) in [5.41, 5.74) is 0.773. The highest BCUT2D eigenvalue weighted by Crippen LogP contribution is 2.20. The largest absolute Gasteiger partial charge is 0.338 e. The molecule has 0 atom stereocenters. The molecule has 1 saturated heterocycles. The maximum absolute atomic E-state index is 11.9. The van der Waals surface area contributed by atoms with E-state index < -0.39 is 0 Å². The summed E-state index contributed by atoms with van der Waals surface area (Å²) in [4.78, 5) is 13.8. The molecule has 1 aromatic carbocycles. The van der Waals surface area contributed by atoms with Crippen LogP contribution in [-0.4, -0.2) is 29.8 Å². The molecule has 1 fully saturated rings. The zero-order valence-corrected chi connectivity index (χ0v) is 11.0. The van der Waals surface area contributed by atoms with Crippen LogP contribution in [0.25, 0.3) is 0 Å². The second kappa shape index (κ2) is 4.70. The van der Waals surface area contributed by atoms with Gasteiger partial charge in [-0.05, 0) is 40.8 Å². The molecule has 15 heavy (non-hydrogen) atoms. The smallest absolute Gasteiger partial charge is 0.253 e. The van der Waals surface area contributed by atoms with E-state index in [1.54, 1.807) is 0 Å². The lowest BCUT2D eigenvalue weighted by atomic mass is 10.0. The fourth-order valence-electron chi connectivity index (χ4n) is 1.64. The van der Waals surface area contributed by atoms with E-state index in [1.165, 1.54) is 0 Å². The molecule has 2 nitrogen and oxygen atoms in total. The van der Waals surface area contributed by atoms with Gasteiger partial charge in [-0.2, -0.15) is 0 Å². The van der Waals surface area contributed by atoms with E-state index in [2.05, 4.69) is 22.6 Å². The summed E-state index contributed by atoms with van der Waals surface area (Å²) in [6.07, 6.45) is 0. The Morgan fingerprint density at radius 3 is 2.87 bits per heavy atom. The average Bonchev–Trinajstić information content (AvgIpc) is 2.16. The van der Waals surface area contributed by atoms with E-state index >= 15 is 0 Å². The van der Waals surface area contributed by atoms with Crippen LogP contribution in [0, 0.1) is 9.49 Å². The maximum atomic E-state index is 11.9. The topological polar surface area (TPSA) is 20.3 Å². The molecule has 0 unspecified atom stereocenters. The summed E-state index contributed by atoms with van der Waals surface area (Å²) in [5.74, 6) is 1.25. The summed E-state index contributed by atoms with van der Waals surface area (Å²) in [7, 11) is 0. The van der Waals surface area contributed by atoms with Crippen LogP contribution in [0.5, 0.6) is 0 Å². The van der Waals surface area contributed by atoms with Gasteiger partial charge in [0.15, 0.2) is 0 Å². The van der Waals surface area contributed by atoms with Crippen molar-refractivity contribution in [2.24, 2.45) is 5.92 Å². The first-order chi connectivity index (χ1) is 7.20. The predicted octanol–water partition coefficient (Wildman–Crippen LogP) is 2.60. The third kappa shape index (κ3) is 2.45. The molecule has 0 saturated carbocycles. The zero-order valence-electron chi connectivity index (χ0n) is 8.12. The van der Waals surface area contributed by atoms with Gasteiger partial charge in [-0.25, -0.2) is 0 Å². The second-order valence-electron chi connectivity index (χ2n) is 3.74. The Labute approximate surface area is 108 Å². The van der Waals surface area contributed by atoms with Crippen LogP contribution in [-0.2, 0) is 0 Å². The minimum atomic E-state index is 0.120. The molecule has 0 radical (unpaired) electrons. The van der Waals surface area contributed by atoms with Crippen molar-refractivity contribution < 1.29 is 4.79 Å². The Kier molecular flexibility index (Phi) is 3.51. The predicted molar refractivity (Wildman–Crippen MR) is 69.3 cm³/mol. The van der Waals surface area contributed by atoms with Crippen molar-refractivity contribution in [2.75, 3.05) is 19.0 Å². The molecule has 1 heterocycles. The Morgan fingerprint density at radius 2 is 2.27 bits per heavy atom. The minimum Gasteiger partial charge on any atom is -0.338 e. The summed E-state index contributed by atoms with van der Waals surface area (Å²) < 4.78 is 1.09. The number of rotatable bonds is 2. The third-order valence-electron chi connectivity index (χ3n) is 2.53. The van der Waals surface area contributed by atoms with Gasteiger partial charge in [0.1, 0.15) is 0 Å². The van der Waals surface area contributed by atoms with Crippen molar-refractivity contribution in [1.82, 2.24) is 4.90 Å². The van der Waals surface area contributed by atoms with E-state index in [0.29, 0.717) is 11.8 Å². The number of alkyl halides is 1. The SMILES string of the molecule is O=C(c1cccc(I)c1)N1CC(CCl)C1. The standard InChI is InChI=1S/C11H11ClINO/c12-5-8-6-14(7-8)11(15)9-2-1-3-10(13)4-9/h1-4,8H,5-7H2. The molecule has 4 heteroatoms. The van der Waals surface area contributed by atoms with Crippen molar-refractivity contribution >= 4 is 40.1 Å². The van der Waals surface area contributed by atoms with Gasteiger partial charge in [-0.3, -0.25) is 4.79 Å². The third-order valence-corrected chi connectivity index (χ3v) is 3.64.